The molecule has 1 rings (SSSR count). The Morgan fingerprint density at radius 3 is 2.60 bits per heavy atom. The van der Waals surface area contributed by atoms with Gasteiger partial charge < -0.3 is 10.6 Å². The normalized spacial score (nSPS) is 12.1. The summed E-state index contributed by atoms with van der Waals surface area (Å²) in [5.41, 5.74) is 0. The van der Waals surface area contributed by atoms with Crippen LogP contribution in [0.5, 0.6) is 0 Å². The molecule has 0 aliphatic carbocycles. The van der Waals surface area contributed by atoms with Crippen LogP contribution in [0.15, 0.2) is 4.34 Å². The first-order chi connectivity index (χ1) is 9.42. The van der Waals surface area contributed by atoms with Gasteiger partial charge in [0, 0.05) is 12.6 Å². The third kappa shape index (κ3) is 5.74. The number of rotatable bonds is 6. The highest BCUT2D eigenvalue weighted by molar-refractivity contribution is 8.02. The molecule has 112 valence electrons. The van der Waals surface area contributed by atoms with Gasteiger partial charge in [-0.2, -0.15) is 0 Å². The fourth-order valence-electron chi connectivity index (χ4n) is 1.20. The smallest absolute Gasteiger partial charge is 0.321 e. The quantitative estimate of drug-likeness (QED) is 0.691. The van der Waals surface area contributed by atoms with E-state index in [1.165, 1.54) is 23.1 Å². The van der Waals surface area contributed by atoms with Gasteiger partial charge in [-0.05, 0) is 27.7 Å². The van der Waals surface area contributed by atoms with Crippen molar-refractivity contribution in [3.8, 4) is 0 Å². The third-order valence-electron chi connectivity index (χ3n) is 2.04. The van der Waals surface area contributed by atoms with Gasteiger partial charge in [0.1, 0.15) is 0 Å². The Hall–Kier alpha value is -1.35. The van der Waals surface area contributed by atoms with Crippen molar-refractivity contribution >= 4 is 40.2 Å². The van der Waals surface area contributed by atoms with Gasteiger partial charge >= 0.3 is 6.03 Å². The van der Waals surface area contributed by atoms with Crippen LogP contribution in [0.4, 0.5) is 9.93 Å². The van der Waals surface area contributed by atoms with E-state index >= 15 is 0 Å². The minimum Gasteiger partial charge on any atom is -0.360 e. The van der Waals surface area contributed by atoms with Gasteiger partial charge in [-0.25, -0.2) is 4.79 Å². The van der Waals surface area contributed by atoms with E-state index in [-0.39, 0.29) is 11.9 Å². The van der Waals surface area contributed by atoms with Crippen molar-refractivity contribution < 1.29 is 9.59 Å². The zero-order chi connectivity index (χ0) is 15.1. The van der Waals surface area contributed by atoms with Crippen LogP contribution in [-0.4, -0.2) is 40.0 Å². The summed E-state index contributed by atoms with van der Waals surface area (Å²) in [6.45, 7) is 8.11. The first-order valence-corrected chi connectivity index (χ1v) is 7.97. The monoisotopic (exact) mass is 317 g/mol. The van der Waals surface area contributed by atoms with Gasteiger partial charge in [0.2, 0.25) is 11.0 Å². The first-order valence-electron chi connectivity index (χ1n) is 6.27. The van der Waals surface area contributed by atoms with Crippen molar-refractivity contribution in [1.82, 2.24) is 20.8 Å². The summed E-state index contributed by atoms with van der Waals surface area (Å²) < 4.78 is 0.688. The summed E-state index contributed by atoms with van der Waals surface area (Å²) in [5, 5.41) is 16.2. The topological polar surface area (TPSA) is 96.0 Å². The maximum atomic E-state index is 11.8. The molecule has 0 unspecified atom stereocenters. The molecule has 1 aromatic heterocycles. The van der Waals surface area contributed by atoms with Crippen molar-refractivity contribution in [2.45, 2.75) is 43.3 Å². The number of carbonyl (C=O) groups is 2. The molecule has 0 bridgehead atoms. The molecule has 3 N–H and O–H groups in total. The number of hydrogen-bond donors (Lipinski definition) is 3. The summed E-state index contributed by atoms with van der Waals surface area (Å²) >= 11 is 2.65. The number of thioether (sulfide) groups is 1. The van der Waals surface area contributed by atoms with Crippen molar-refractivity contribution in [3.63, 3.8) is 0 Å². The lowest BCUT2D eigenvalue weighted by Gasteiger charge is -2.11. The van der Waals surface area contributed by atoms with E-state index in [0.29, 0.717) is 4.34 Å². The van der Waals surface area contributed by atoms with Gasteiger partial charge in [-0.15, -0.1) is 10.2 Å². The predicted molar refractivity (Wildman–Crippen MR) is 81.2 cm³/mol. The zero-order valence-corrected chi connectivity index (χ0v) is 13.5. The largest absolute Gasteiger partial charge is 0.360 e. The van der Waals surface area contributed by atoms with Crippen LogP contribution in [0.25, 0.3) is 0 Å². The summed E-state index contributed by atoms with van der Waals surface area (Å²) in [7, 11) is 0. The van der Waals surface area contributed by atoms with Gasteiger partial charge in [0.25, 0.3) is 0 Å². The summed E-state index contributed by atoms with van der Waals surface area (Å²) in [4.78, 5) is 23.2. The lowest BCUT2D eigenvalue weighted by Crippen LogP contribution is -2.45. The molecule has 9 heteroatoms. The van der Waals surface area contributed by atoms with Crippen molar-refractivity contribution in [3.05, 3.63) is 0 Å². The Kier molecular flexibility index (Phi) is 6.73. The van der Waals surface area contributed by atoms with E-state index in [1.807, 2.05) is 20.8 Å². The molecule has 0 aliphatic heterocycles. The molecule has 0 spiro atoms. The number of imide groups is 1. The third-order valence-corrected chi connectivity index (χ3v) is 4.10. The molecule has 0 fully saturated rings. The van der Waals surface area contributed by atoms with E-state index < -0.39 is 11.3 Å². The van der Waals surface area contributed by atoms with Crippen molar-refractivity contribution in [2.75, 3.05) is 11.9 Å². The number of nitrogens with one attached hydrogen (secondary N) is 3. The Bertz CT molecular complexity index is 463. The van der Waals surface area contributed by atoms with Crippen LogP contribution in [0.3, 0.4) is 0 Å². The van der Waals surface area contributed by atoms with Crippen LogP contribution >= 0.6 is 23.1 Å². The standard InChI is InChI=1S/C11H19N5O2S2/c1-5-12-10-15-16-11(20-10)19-7(4)8(17)14-9(18)13-6(2)3/h6-7H,5H2,1-4H3,(H,12,15)(H2,13,14,17,18)/t7-/m1/s1. The van der Waals surface area contributed by atoms with Gasteiger partial charge in [-0.1, -0.05) is 23.1 Å². The molecule has 0 aromatic carbocycles. The second-order valence-corrected chi connectivity index (χ2v) is 6.85. The molecule has 1 heterocycles. The summed E-state index contributed by atoms with van der Waals surface area (Å²) in [6, 6.07) is -0.500. The van der Waals surface area contributed by atoms with E-state index in [2.05, 4.69) is 26.1 Å². The molecule has 0 saturated carbocycles. The van der Waals surface area contributed by atoms with Crippen molar-refractivity contribution in [2.24, 2.45) is 0 Å². The van der Waals surface area contributed by atoms with E-state index in [1.54, 1.807) is 6.92 Å². The van der Waals surface area contributed by atoms with Gasteiger partial charge in [0.05, 0.1) is 5.25 Å². The van der Waals surface area contributed by atoms with Crippen LogP contribution < -0.4 is 16.0 Å². The van der Waals surface area contributed by atoms with Crippen molar-refractivity contribution in [1.29, 1.82) is 0 Å². The van der Waals surface area contributed by atoms with Crippen LogP contribution in [-0.2, 0) is 4.79 Å². The molecular weight excluding hydrogens is 298 g/mol. The average Bonchev–Trinajstić information content (AvgIpc) is 2.75. The number of aromatic nitrogens is 2. The Morgan fingerprint density at radius 1 is 1.30 bits per heavy atom. The highest BCUT2D eigenvalue weighted by Gasteiger charge is 2.19. The van der Waals surface area contributed by atoms with Crippen LogP contribution in [0.1, 0.15) is 27.7 Å². The lowest BCUT2D eigenvalue weighted by molar-refractivity contribution is -0.119. The maximum absolute atomic E-state index is 11.8. The van der Waals surface area contributed by atoms with Gasteiger partial charge in [0.15, 0.2) is 4.34 Å². The first kappa shape index (κ1) is 16.7. The predicted octanol–water partition coefficient (Wildman–Crippen LogP) is 1.68. The fraction of sp³-hybridized carbons (Fsp3) is 0.636. The fourth-order valence-corrected chi connectivity index (χ4v) is 3.16. The molecule has 0 saturated heterocycles. The summed E-state index contributed by atoms with van der Waals surface area (Å²) in [6.07, 6.45) is 0. The molecule has 1 atom stereocenters. The number of urea groups is 1. The molecule has 1 aromatic rings. The van der Waals surface area contributed by atoms with E-state index in [4.69, 9.17) is 0 Å². The number of anilines is 1. The number of nitrogens with zero attached hydrogens (tertiary/aromatic N) is 2. The minimum absolute atomic E-state index is 0.0170. The van der Waals surface area contributed by atoms with Crippen LogP contribution in [0.2, 0.25) is 0 Å². The Labute approximate surface area is 126 Å². The number of hydrogen-bond acceptors (Lipinski definition) is 7. The molecule has 20 heavy (non-hydrogen) atoms. The zero-order valence-electron chi connectivity index (χ0n) is 11.9. The molecule has 0 radical (unpaired) electrons. The second kappa shape index (κ2) is 8.05. The molecule has 7 nitrogen and oxygen atoms in total. The highest BCUT2D eigenvalue weighted by atomic mass is 32.2. The van der Waals surface area contributed by atoms with E-state index in [0.717, 1.165) is 11.7 Å². The minimum atomic E-state index is -0.483. The Balaban J connectivity index is 2.46. The Morgan fingerprint density at radius 2 is 2.00 bits per heavy atom. The molecule has 3 amide bonds. The second-order valence-electron chi connectivity index (χ2n) is 4.28. The van der Waals surface area contributed by atoms with E-state index in [9.17, 15) is 9.59 Å². The number of amides is 3. The lowest BCUT2D eigenvalue weighted by atomic mass is 10.4. The van der Waals surface area contributed by atoms with Crippen LogP contribution in [0, 0.1) is 0 Å². The average molecular weight is 317 g/mol. The summed E-state index contributed by atoms with van der Waals surface area (Å²) in [5.74, 6) is -0.353. The molecule has 0 aliphatic rings. The molecular formula is C11H19N5O2S2. The van der Waals surface area contributed by atoms with Gasteiger partial charge in [-0.3, -0.25) is 10.1 Å². The maximum Gasteiger partial charge on any atom is 0.321 e. The number of carbonyl (C=O) groups excluding carboxylic acids is 2. The SMILES string of the molecule is CCNc1nnc(S[C@H](C)C(=O)NC(=O)NC(C)C)s1. The highest BCUT2D eigenvalue weighted by Crippen LogP contribution is 2.28.